The van der Waals surface area contributed by atoms with E-state index in [1.54, 1.807) is 29.4 Å². The summed E-state index contributed by atoms with van der Waals surface area (Å²) in [7, 11) is 0. The molecule has 1 N–H and O–H groups in total. The quantitative estimate of drug-likeness (QED) is 0.943. The number of rotatable bonds is 3. The molecule has 1 fully saturated rings. The van der Waals surface area contributed by atoms with E-state index in [1.807, 2.05) is 6.92 Å². The largest absolute Gasteiger partial charge is 0.348 e. The summed E-state index contributed by atoms with van der Waals surface area (Å²) in [5.74, 6) is 1.12. The van der Waals surface area contributed by atoms with Crippen molar-refractivity contribution in [1.82, 2.24) is 24.8 Å². The number of hydrogen-bond donors (Lipinski definition) is 1. The molecule has 116 valence electrons. The van der Waals surface area contributed by atoms with Gasteiger partial charge < -0.3 is 5.32 Å². The number of nitrogens with zero attached hydrogens (tertiary/aromatic N) is 4. The minimum atomic E-state index is -0.119. The van der Waals surface area contributed by atoms with Gasteiger partial charge in [0.25, 0.3) is 5.91 Å². The summed E-state index contributed by atoms with van der Waals surface area (Å²) in [4.78, 5) is 25.1. The number of carbonyl (C=O) groups excluding carboxylic acids is 1. The summed E-state index contributed by atoms with van der Waals surface area (Å²) in [6, 6.07) is 1.98. The van der Waals surface area contributed by atoms with Crippen molar-refractivity contribution in [3.8, 4) is 5.95 Å². The first kappa shape index (κ1) is 14.7. The lowest BCUT2D eigenvalue weighted by atomic mass is 9.87. The van der Waals surface area contributed by atoms with E-state index in [1.165, 1.54) is 12.8 Å². The Morgan fingerprint density at radius 3 is 2.73 bits per heavy atom. The fourth-order valence-corrected chi connectivity index (χ4v) is 2.83. The molecule has 3 rings (SSSR count). The summed E-state index contributed by atoms with van der Waals surface area (Å²) in [6.07, 6.45) is 9.49. The highest BCUT2D eigenvalue weighted by atomic mass is 16.1. The van der Waals surface area contributed by atoms with Gasteiger partial charge in [0.1, 0.15) is 12.0 Å². The molecule has 1 aliphatic carbocycles. The lowest BCUT2D eigenvalue weighted by Gasteiger charge is -2.26. The van der Waals surface area contributed by atoms with E-state index in [-0.39, 0.29) is 11.9 Å². The van der Waals surface area contributed by atoms with Crippen molar-refractivity contribution in [3.05, 3.63) is 36.2 Å². The van der Waals surface area contributed by atoms with Gasteiger partial charge in [0.2, 0.25) is 5.95 Å². The zero-order valence-corrected chi connectivity index (χ0v) is 13.0. The van der Waals surface area contributed by atoms with Crippen molar-refractivity contribution in [2.24, 2.45) is 5.92 Å². The second-order valence-electron chi connectivity index (χ2n) is 6.09. The van der Waals surface area contributed by atoms with Gasteiger partial charge in [-0.1, -0.05) is 6.92 Å². The summed E-state index contributed by atoms with van der Waals surface area (Å²) in [5.41, 5.74) is 1.18. The van der Waals surface area contributed by atoms with Crippen LogP contribution in [0.25, 0.3) is 5.95 Å². The maximum atomic E-state index is 12.4. The number of aryl methyl sites for hydroxylation is 1. The highest BCUT2D eigenvalue weighted by Gasteiger charge is 2.21. The first-order chi connectivity index (χ1) is 10.6. The number of amides is 1. The van der Waals surface area contributed by atoms with Crippen LogP contribution >= 0.6 is 0 Å². The monoisotopic (exact) mass is 299 g/mol. The van der Waals surface area contributed by atoms with E-state index in [0.717, 1.165) is 24.5 Å². The van der Waals surface area contributed by atoms with E-state index in [2.05, 4.69) is 27.2 Å². The van der Waals surface area contributed by atoms with Crippen LogP contribution in [0.1, 0.15) is 48.8 Å². The standard InChI is InChI=1S/C16H21N5O/c1-11-3-5-13(6-4-11)19-15(22)14-9-12(2)18-16(20-14)21-8-7-17-10-21/h7-11,13H,3-6H2,1-2H3,(H,19,22)/t11-,13-. The third-order valence-electron chi connectivity index (χ3n) is 4.16. The molecule has 6 heteroatoms. The van der Waals surface area contributed by atoms with Crippen molar-refractivity contribution >= 4 is 5.91 Å². The SMILES string of the molecule is Cc1cc(C(=O)N[C@H]2CC[C@H](C)CC2)nc(-n2ccnc2)n1. The Morgan fingerprint density at radius 2 is 2.05 bits per heavy atom. The summed E-state index contributed by atoms with van der Waals surface area (Å²) < 4.78 is 1.70. The van der Waals surface area contributed by atoms with E-state index in [4.69, 9.17) is 0 Å². The number of imidazole rings is 1. The molecule has 0 bridgehead atoms. The predicted molar refractivity (Wildman–Crippen MR) is 82.8 cm³/mol. The summed E-state index contributed by atoms with van der Waals surface area (Å²) >= 11 is 0. The average molecular weight is 299 g/mol. The summed E-state index contributed by atoms with van der Waals surface area (Å²) in [6.45, 7) is 4.13. The van der Waals surface area contributed by atoms with Gasteiger partial charge in [-0.25, -0.2) is 15.0 Å². The molecular weight excluding hydrogens is 278 g/mol. The molecule has 0 atom stereocenters. The third kappa shape index (κ3) is 3.32. The van der Waals surface area contributed by atoms with Gasteiger partial charge in [0, 0.05) is 24.1 Å². The molecule has 0 spiro atoms. The van der Waals surface area contributed by atoms with Gasteiger partial charge in [-0.15, -0.1) is 0 Å². The predicted octanol–water partition coefficient (Wildman–Crippen LogP) is 2.28. The van der Waals surface area contributed by atoms with Crippen molar-refractivity contribution in [2.75, 3.05) is 0 Å². The minimum Gasteiger partial charge on any atom is -0.348 e. The maximum Gasteiger partial charge on any atom is 0.270 e. The highest BCUT2D eigenvalue weighted by molar-refractivity contribution is 5.92. The van der Waals surface area contributed by atoms with E-state index in [0.29, 0.717) is 11.6 Å². The van der Waals surface area contributed by atoms with E-state index in [9.17, 15) is 4.79 Å². The fourth-order valence-electron chi connectivity index (χ4n) is 2.83. The average Bonchev–Trinajstić information content (AvgIpc) is 3.03. The first-order valence-corrected chi connectivity index (χ1v) is 7.76. The van der Waals surface area contributed by atoms with Crippen LogP contribution in [0.15, 0.2) is 24.8 Å². The maximum absolute atomic E-state index is 12.4. The number of aromatic nitrogens is 4. The van der Waals surface area contributed by atoms with Crippen LogP contribution in [0.3, 0.4) is 0 Å². The van der Waals surface area contributed by atoms with Gasteiger partial charge >= 0.3 is 0 Å². The Kier molecular flexibility index (Phi) is 4.18. The molecular formula is C16H21N5O. The first-order valence-electron chi connectivity index (χ1n) is 7.76. The molecule has 0 radical (unpaired) electrons. The normalized spacial score (nSPS) is 21.5. The van der Waals surface area contributed by atoms with Crippen molar-refractivity contribution < 1.29 is 4.79 Å². The molecule has 6 nitrogen and oxygen atoms in total. The van der Waals surface area contributed by atoms with Gasteiger partial charge in [0.15, 0.2) is 0 Å². The molecule has 2 aromatic heterocycles. The fraction of sp³-hybridized carbons (Fsp3) is 0.500. The number of carbonyl (C=O) groups is 1. The lowest BCUT2D eigenvalue weighted by molar-refractivity contribution is 0.0917. The Morgan fingerprint density at radius 1 is 1.27 bits per heavy atom. The van der Waals surface area contributed by atoms with Crippen molar-refractivity contribution in [1.29, 1.82) is 0 Å². The van der Waals surface area contributed by atoms with E-state index >= 15 is 0 Å². The molecule has 2 heterocycles. The smallest absolute Gasteiger partial charge is 0.270 e. The molecule has 2 aromatic rings. The topological polar surface area (TPSA) is 72.7 Å². The van der Waals surface area contributed by atoms with Crippen LogP contribution in [0.4, 0.5) is 0 Å². The van der Waals surface area contributed by atoms with Crippen LogP contribution in [0.2, 0.25) is 0 Å². The van der Waals surface area contributed by atoms with Crippen LogP contribution in [-0.2, 0) is 0 Å². The Hall–Kier alpha value is -2.24. The Balaban J connectivity index is 1.75. The van der Waals surface area contributed by atoms with E-state index < -0.39 is 0 Å². The summed E-state index contributed by atoms with van der Waals surface area (Å²) in [5, 5.41) is 3.10. The number of hydrogen-bond acceptors (Lipinski definition) is 4. The molecule has 1 amide bonds. The van der Waals surface area contributed by atoms with Gasteiger partial charge in [-0.3, -0.25) is 9.36 Å². The molecule has 0 unspecified atom stereocenters. The minimum absolute atomic E-state index is 0.119. The molecule has 22 heavy (non-hydrogen) atoms. The van der Waals surface area contributed by atoms with Crippen LogP contribution in [0.5, 0.6) is 0 Å². The van der Waals surface area contributed by atoms with Crippen molar-refractivity contribution in [2.45, 2.75) is 45.6 Å². The zero-order chi connectivity index (χ0) is 15.5. The molecule has 1 saturated carbocycles. The lowest BCUT2D eigenvalue weighted by Crippen LogP contribution is -2.37. The van der Waals surface area contributed by atoms with Gasteiger partial charge in [-0.05, 0) is 44.6 Å². The number of nitrogens with one attached hydrogen (secondary N) is 1. The van der Waals surface area contributed by atoms with Gasteiger partial charge in [-0.2, -0.15) is 0 Å². The zero-order valence-electron chi connectivity index (χ0n) is 13.0. The third-order valence-corrected chi connectivity index (χ3v) is 4.16. The Bertz CT molecular complexity index is 645. The highest BCUT2D eigenvalue weighted by Crippen LogP contribution is 2.23. The molecule has 0 aromatic carbocycles. The van der Waals surface area contributed by atoms with Crippen LogP contribution in [-0.4, -0.2) is 31.5 Å². The van der Waals surface area contributed by atoms with Crippen LogP contribution < -0.4 is 5.32 Å². The van der Waals surface area contributed by atoms with Crippen molar-refractivity contribution in [3.63, 3.8) is 0 Å². The van der Waals surface area contributed by atoms with Crippen LogP contribution in [0, 0.1) is 12.8 Å². The van der Waals surface area contributed by atoms with Gasteiger partial charge in [0.05, 0.1) is 0 Å². The molecule has 0 aliphatic heterocycles. The Labute approximate surface area is 130 Å². The second kappa shape index (κ2) is 6.25. The molecule has 0 saturated heterocycles. The molecule has 1 aliphatic rings. The second-order valence-corrected chi connectivity index (χ2v) is 6.09.